The number of aliphatic hydroxyl groups is 1. The number of aliphatic hydroxyl groups excluding tert-OH is 1. The molecule has 0 aliphatic heterocycles. The average Bonchev–Trinajstić information content (AvgIpc) is 2.45. The maximum Gasteiger partial charge on any atom is 0.226 e. The zero-order valence-electron chi connectivity index (χ0n) is 11.8. The highest BCUT2D eigenvalue weighted by molar-refractivity contribution is 5.40. The van der Waals surface area contributed by atoms with Gasteiger partial charge in [-0.1, -0.05) is 12.8 Å². The summed E-state index contributed by atoms with van der Waals surface area (Å²) < 4.78 is 0. The van der Waals surface area contributed by atoms with Gasteiger partial charge in [-0.15, -0.1) is 0 Å². The Hall–Kier alpha value is -1.36. The van der Waals surface area contributed by atoms with Gasteiger partial charge in [-0.05, 0) is 30.7 Å². The monoisotopic (exact) mass is 264 g/mol. The second kappa shape index (κ2) is 6.70. The van der Waals surface area contributed by atoms with Crippen LogP contribution >= 0.6 is 0 Å². The van der Waals surface area contributed by atoms with Gasteiger partial charge in [-0.3, -0.25) is 0 Å². The van der Waals surface area contributed by atoms with Crippen LogP contribution in [0, 0.1) is 11.8 Å². The van der Waals surface area contributed by atoms with Crippen LogP contribution in [0.15, 0.2) is 12.3 Å². The lowest BCUT2D eigenvalue weighted by atomic mass is 9.79. The molecular weight excluding hydrogens is 240 g/mol. The molecule has 0 amide bonds. The van der Waals surface area contributed by atoms with E-state index in [1.54, 1.807) is 6.20 Å². The van der Waals surface area contributed by atoms with Crippen LogP contribution in [0.3, 0.4) is 0 Å². The number of hydrogen-bond acceptors (Lipinski definition) is 5. The van der Waals surface area contributed by atoms with E-state index >= 15 is 0 Å². The lowest BCUT2D eigenvalue weighted by molar-refractivity contribution is 0.141. The van der Waals surface area contributed by atoms with Crippen LogP contribution in [0.5, 0.6) is 0 Å². The van der Waals surface area contributed by atoms with Crippen LogP contribution in [-0.2, 0) is 0 Å². The fourth-order valence-corrected chi connectivity index (χ4v) is 2.69. The molecule has 1 aromatic rings. The number of anilines is 2. The predicted molar refractivity (Wildman–Crippen MR) is 77.4 cm³/mol. The van der Waals surface area contributed by atoms with Gasteiger partial charge < -0.3 is 15.3 Å². The molecule has 5 nitrogen and oxygen atoms in total. The third kappa shape index (κ3) is 3.80. The van der Waals surface area contributed by atoms with Crippen molar-refractivity contribution in [2.24, 2.45) is 11.8 Å². The number of aromatic nitrogens is 2. The molecule has 1 heterocycles. The van der Waals surface area contributed by atoms with Gasteiger partial charge >= 0.3 is 0 Å². The highest BCUT2D eigenvalue weighted by Crippen LogP contribution is 2.29. The Kier molecular flexibility index (Phi) is 4.96. The number of nitrogens with one attached hydrogen (secondary N) is 1. The molecule has 5 heteroatoms. The molecule has 1 aliphatic rings. The van der Waals surface area contributed by atoms with Crippen LogP contribution in [0.4, 0.5) is 11.8 Å². The van der Waals surface area contributed by atoms with E-state index in [-0.39, 0.29) is 0 Å². The maximum absolute atomic E-state index is 9.42. The molecule has 0 bridgehead atoms. The zero-order chi connectivity index (χ0) is 13.7. The van der Waals surface area contributed by atoms with Crippen molar-refractivity contribution in [3.63, 3.8) is 0 Å². The van der Waals surface area contributed by atoms with Crippen molar-refractivity contribution in [1.82, 2.24) is 9.97 Å². The van der Waals surface area contributed by atoms with E-state index in [4.69, 9.17) is 0 Å². The van der Waals surface area contributed by atoms with Gasteiger partial charge in [0, 0.05) is 33.4 Å². The first kappa shape index (κ1) is 14.1. The van der Waals surface area contributed by atoms with Gasteiger partial charge in [0.05, 0.1) is 0 Å². The Balaban J connectivity index is 1.92. The minimum Gasteiger partial charge on any atom is -0.396 e. The summed E-state index contributed by atoms with van der Waals surface area (Å²) in [6.07, 6.45) is 6.64. The lowest BCUT2D eigenvalue weighted by Crippen LogP contribution is -2.29. The summed E-state index contributed by atoms with van der Waals surface area (Å²) in [5.41, 5.74) is 0. The number of nitrogens with zero attached hydrogens (tertiary/aromatic N) is 3. The van der Waals surface area contributed by atoms with E-state index in [2.05, 4.69) is 15.3 Å². The van der Waals surface area contributed by atoms with Gasteiger partial charge in [0.2, 0.25) is 5.95 Å². The first-order valence-electron chi connectivity index (χ1n) is 7.06. The molecular formula is C14H24N4O. The molecule has 1 aliphatic carbocycles. The Bertz CT molecular complexity index is 397. The van der Waals surface area contributed by atoms with E-state index in [1.807, 2.05) is 25.1 Å². The Morgan fingerprint density at radius 2 is 2.05 bits per heavy atom. The molecule has 19 heavy (non-hydrogen) atoms. The minimum absolute atomic E-state index is 0.305. The Labute approximate surface area is 115 Å². The fraction of sp³-hybridized carbons (Fsp3) is 0.714. The second-order valence-electron chi connectivity index (χ2n) is 5.50. The minimum atomic E-state index is 0.305. The van der Waals surface area contributed by atoms with Gasteiger partial charge in [-0.2, -0.15) is 4.98 Å². The van der Waals surface area contributed by atoms with Crippen molar-refractivity contribution in [3.05, 3.63) is 12.3 Å². The van der Waals surface area contributed by atoms with Gasteiger partial charge in [0.1, 0.15) is 5.82 Å². The molecule has 106 valence electrons. The molecule has 1 aromatic heterocycles. The topological polar surface area (TPSA) is 61.3 Å². The highest BCUT2D eigenvalue weighted by atomic mass is 16.3. The van der Waals surface area contributed by atoms with Crippen molar-refractivity contribution >= 4 is 11.8 Å². The van der Waals surface area contributed by atoms with Gasteiger partial charge in [0.25, 0.3) is 0 Å². The zero-order valence-corrected chi connectivity index (χ0v) is 11.8. The van der Waals surface area contributed by atoms with Crippen molar-refractivity contribution in [1.29, 1.82) is 0 Å². The van der Waals surface area contributed by atoms with Crippen LogP contribution in [0.25, 0.3) is 0 Å². The summed E-state index contributed by atoms with van der Waals surface area (Å²) >= 11 is 0. The molecule has 2 rings (SSSR count). The van der Waals surface area contributed by atoms with Gasteiger partial charge in [0.15, 0.2) is 0 Å². The van der Waals surface area contributed by atoms with Gasteiger partial charge in [-0.25, -0.2) is 4.98 Å². The number of rotatable bonds is 5. The summed E-state index contributed by atoms with van der Waals surface area (Å²) in [4.78, 5) is 10.5. The molecule has 0 saturated heterocycles. The lowest BCUT2D eigenvalue weighted by Gasteiger charge is -2.30. The molecule has 1 fully saturated rings. The van der Waals surface area contributed by atoms with Crippen LogP contribution in [-0.4, -0.2) is 42.3 Å². The third-order valence-corrected chi connectivity index (χ3v) is 3.89. The third-order valence-electron chi connectivity index (χ3n) is 3.89. The second-order valence-corrected chi connectivity index (χ2v) is 5.50. The normalized spacial score (nSPS) is 23.1. The summed E-state index contributed by atoms with van der Waals surface area (Å²) in [6.45, 7) is 1.19. The predicted octanol–water partition coefficient (Wildman–Crippen LogP) is 1.75. The Morgan fingerprint density at radius 3 is 2.74 bits per heavy atom. The molecule has 0 aromatic carbocycles. The van der Waals surface area contributed by atoms with Crippen LogP contribution in [0.2, 0.25) is 0 Å². The van der Waals surface area contributed by atoms with E-state index in [1.165, 1.54) is 19.3 Å². The van der Waals surface area contributed by atoms with E-state index < -0.39 is 0 Å². The van der Waals surface area contributed by atoms with Crippen LogP contribution < -0.4 is 10.2 Å². The first-order valence-corrected chi connectivity index (χ1v) is 7.06. The van der Waals surface area contributed by atoms with Crippen molar-refractivity contribution in [2.45, 2.75) is 25.7 Å². The summed E-state index contributed by atoms with van der Waals surface area (Å²) in [5.74, 6) is 2.57. The standard InChI is InChI=1S/C14H24N4O/c1-18(2)14-15-8-7-13(17-14)16-9-11-5-3-4-6-12(11)10-19/h7-8,11-12,19H,3-6,9-10H2,1-2H3,(H,15,16,17). The summed E-state index contributed by atoms with van der Waals surface area (Å²) in [6, 6.07) is 1.89. The first-order chi connectivity index (χ1) is 9.20. The molecule has 2 atom stereocenters. The fourth-order valence-electron chi connectivity index (χ4n) is 2.69. The molecule has 1 saturated carbocycles. The van der Waals surface area contributed by atoms with E-state index in [9.17, 15) is 5.11 Å². The van der Waals surface area contributed by atoms with E-state index in [0.717, 1.165) is 18.8 Å². The molecule has 0 spiro atoms. The summed E-state index contributed by atoms with van der Waals surface area (Å²) in [7, 11) is 3.87. The Morgan fingerprint density at radius 1 is 1.32 bits per heavy atom. The maximum atomic E-state index is 9.42. The molecule has 2 unspecified atom stereocenters. The van der Waals surface area contributed by atoms with E-state index in [0.29, 0.717) is 24.4 Å². The van der Waals surface area contributed by atoms with Crippen molar-refractivity contribution in [3.8, 4) is 0 Å². The van der Waals surface area contributed by atoms with Crippen molar-refractivity contribution < 1.29 is 5.11 Å². The number of hydrogen-bond donors (Lipinski definition) is 2. The molecule has 2 N–H and O–H groups in total. The smallest absolute Gasteiger partial charge is 0.226 e. The highest BCUT2D eigenvalue weighted by Gasteiger charge is 2.24. The van der Waals surface area contributed by atoms with Crippen molar-refractivity contribution in [2.75, 3.05) is 37.5 Å². The SMILES string of the molecule is CN(C)c1nccc(NCC2CCCCC2CO)n1. The summed E-state index contributed by atoms with van der Waals surface area (Å²) in [5, 5.41) is 12.8. The average molecular weight is 264 g/mol. The largest absolute Gasteiger partial charge is 0.396 e. The quantitative estimate of drug-likeness (QED) is 0.848. The molecule has 0 radical (unpaired) electrons. The van der Waals surface area contributed by atoms with Crippen LogP contribution in [0.1, 0.15) is 25.7 Å².